The maximum absolute atomic E-state index is 12.7. The third-order valence-corrected chi connectivity index (χ3v) is 5.18. The topological polar surface area (TPSA) is 32.3 Å². The van der Waals surface area contributed by atoms with Gasteiger partial charge in [-0.2, -0.15) is 11.3 Å². The van der Waals surface area contributed by atoms with E-state index in [1.54, 1.807) is 11.3 Å². The monoisotopic (exact) mass is 292 g/mol. The van der Waals surface area contributed by atoms with Gasteiger partial charge in [-0.3, -0.25) is 10.1 Å². The van der Waals surface area contributed by atoms with E-state index in [4.69, 9.17) is 0 Å². The molecule has 1 saturated carbocycles. The molecule has 3 nitrogen and oxygen atoms in total. The number of rotatable bonds is 5. The summed E-state index contributed by atoms with van der Waals surface area (Å²) in [5.41, 5.74) is 1.59. The molecule has 2 heterocycles. The van der Waals surface area contributed by atoms with Crippen LogP contribution in [0.5, 0.6) is 0 Å². The Morgan fingerprint density at radius 1 is 1.50 bits per heavy atom. The van der Waals surface area contributed by atoms with Crippen LogP contribution in [0, 0.1) is 11.3 Å². The lowest BCUT2D eigenvalue weighted by Crippen LogP contribution is -2.35. The largest absolute Gasteiger partial charge is 0.321 e. The van der Waals surface area contributed by atoms with Crippen LogP contribution in [0.15, 0.2) is 16.8 Å². The Bertz CT molecular complexity index is 479. The standard InChI is InChI=1S/C16H24N2OS/c1-11(2)8-13-15(19)18(10-16(3)5-6-16)14(17-13)12-4-7-20-9-12/h4,7,9,11,13-14,17H,5-6,8,10H2,1-3H3. The minimum atomic E-state index is -0.0118. The van der Waals surface area contributed by atoms with Crippen molar-refractivity contribution >= 4 is 17.2 Å². The van der Waals surface area contributed by atoms with Crippen LogP contribution < -0.4 is 5.32 Å². The minimum Gasteiger partial charge on any atom is -0.321 e. The highest BCUT2D eigenvalue weighted by Gasteiger charge is 2.46. The number of nitrogens with zero attached hydrogens (tertiary/aromatic N) is 1. The summed E-state index contributed by atoms with van der Waals surface area (Å²) in [7, 11) is 0. The van der Waals surface area contributed by atoms with Crippen LogP contribution in [0.3, 0.4) is 0 Å². The molecule has 2 aliphatic rings. The molecule has 2 atom stereocenters. The van der Waals surface area contributed by atoms with Gasteiger partial charge < -0.3 is 4.90 Å². The number of hydrogen-bond donors (Lipinski definition) is 1. The zero-order valence-electron chi connectivity index (χ0n) is 12.6. The molecule has 1 aliphatic carbocycles. The molecule has 1 N–H and O–H groups in total. The Kier molecular flexibility index (Phi) is 3.63. The van der Waals surface area contributed by atoms with Gasteiger partial charge in [0.1, 0.15) is 6.17 Å². The van der Waals surface area contributed by atoms with E-state index in [-0.39, 0.29) is 12.2 Å². The summed E-state index contributed by atoms with van der Waals surface area (Å²) >= 11 is 1.70. The Balaban J connectivity index is 1.80. The maximum atomic E-state index is 12.7. The van der Waals surface area contributed by atoms with Crippen LogP contribution in [0.1, 0.15) is 51.8 Å². The van der Waals surface area contributed by atoms with Gasteiger partial charge >= 0.3 is 0 Å². The fourth-order valence-corrected chi connectivity index (χ4v) is 3.66. The average molecular weight is 292 g/mol. The first-order chi connectivity index (χ1) is 9.48. The van der Waals surface area contributed by atoms with E-state index in [0.717, 1.165) is 13.0 Å². The van der Waals surface area contributed by atoms with Crippen molar-refractivity contribution in [2.75, 3.05) is 6.54 Å². The summed E-state index contributed by atoms with van der Waals surface area (Å²) in [6.07, 6.45) is 3.51. The third kappa shape index (κ3) is 2.77. The Hall–Kier alpha value is -0.870. The maximum Gasteiger partial charge on any atom is 0.241 e. The molecule has 4 heteroatoms. The third-order valence-electron chi connectivity index (χ3n) is 4.47. The highest BCUT2D eigenvalue weighted by molar-refractivity contribution is 7.07. The molecule has 110 valence electrons. The Morgan fingerprint density at radius 2 is 2.25 bits per heavy atom. The van der Waals surface area contributed by atoms with E-state index in [0.29, 0.717) is 17.2 Å². The van der Waals surface area contributed by atoms with Crippen LogP contribution in [0.2, 0.25) is 0 Å². The second-order valence-corrected chi connectivity index (χ2v) is 7.86. The lowest BCUT2D eigenvalue weighted by molar-refractivity contribution is -0.131. The van der Waals surface area contributed by atoms with Gasteiger partial charge in [-0.1, -0.05) is 20.8 Å². The number of amides is 1. The number of carbonyl (C=O) groups excluding carboxylic acids is 1. The molecular formula is C16H24N2OS. The van der Waals surface area contributed by atoms with Crippen LogP contribution in [-0.2, 0) is 4.79 Å². The lowest BCUT2D eigenvalue weighted by atomic mass is 10.0. The van der Waals surface area contributed by atoms with Gasteiger partial charge in [-0.05, 0) is 53.0 Å². The normalized spacial score (nSPS) is 28.4. The van der Waals surface area contributed by atoms with Crippen molar-refractivity contribution in [1.82, 2.24) is 10.2 Å². The quantitative estimate of drug-likeness (QED) is 0.902. The number of hydrogen-bond acceptors (Lipinski definition) is 3. The smallest absolute Gasteiger partial charge is 0.241 e. The predicted molar refractivity (Wildman–Crippen MR) is 82.5 cm³/mol. The highest BCUT2D eigenvalue weighted by Crippen LogP contribution is 2.47. The molecule has 1 amide bonds. The van der Waals surface area contributed by atoms with Crippen molar-refractivity contribution in [1.29, 1.82) is 0 Å². The van der Waals surface area contributed by atoms with Crippen LogP contribution in [-0.4, -0.2) is 23.4 Å². The van der Waals surface area contributed by atoms with E-state index in [1.807, 2.05) is 0 Å². The van der Waals surface area contributed by atoms with Crippen molar-refractivity contribution in [3.05, 3.63) is 22.4 Å². The van der Waals surface area contributed by atoms with Gasteiger partial charge in [0.15, 0.2) is 0 Å². The van der Waals surface area contributed by atoms with E-state index >= 15 is 0 Å². The molecule has 0 spiro atoms. The zero-order chi connectivity index (χ0) is 14.3. The molecule has 1 aliphatic heterocycles. The molecule has 0 aromatic carbocycles. The summed E-state index contributed by atoms with van der Waals surface area (Å²) in [4.78, 5) is 14.8. The molecule has 0 radical (unpaired) electrons. The van der Waals surface area contributed by atoms with Crippen LogP contribution >= 0.6 is 11.3 Å². The number of nitrogens with one attached hydrogen (secondary N) is 1. The SMILES string of the molecule is CC(C)CC1NC(c2ccsc2)N(CC2(C)CC2)C1=O. The zero-order valence-corrected chi connectivity index (χ0v) is 13.4. The molecule has 2 fully saturated rings. The van der Waals surface area contributed by atoms with Gasteiger partial charge in [0, 0.05) is 6.54 Å². The van der Waals surface area contributed by atoms with Gasteiger partial charge in [-0.15, -0.1) is 0 Å². The van der Waals surface area contributed by atoms with Crippen molar-refractivity contribution in [3.8, 4) is 0 Å². The van der Waals surface area contributed by atoms with E-state index in [2.05, 4.69) is 47.8 Å². The summed E-state index contributed by atoms with van der Waals surface area (Å²) in [6, 6.07) is 2.12. The fourth-order valence-electron chi connectivity index (χ4n) is 2.98. The molecule has 3 rings (SSSR count). The molecule has 2 unspecified atom stereocenters. The second-order valence-electron chi connectivity index (χ2n) is 7.08. The molecule has 20 heavy (non-hydrogen) atoms. The van der Waals surface area contributed by atoms with Crippen molar-refractivity contribution in [3.63, 3.8) is 0 Å². The predicted octanol–water partition coefficient (Wildman–Crippen LogP) is 3.39. The highest BCUT2D eigenvalue weighted by atomic mass is 32.1. The number of carbonyl (C=O) groups is 1. The lowest BCUT2D eigenvalue weighted by Gasteiger charge is -2.26. The molecule has 1 saturated heterocycles. The first kappa shape index (κ1) is 14.1. The van der Waals surface area contributed by atoms with Crippen LogP contribution in [0.25, 0.3) is 0 Å². The molecule has 1 aromatic rings. The van der Waals surface area contributed by atoms with Crippen LogP contribution in [0.4, 0.5) is 0 Å². The minimum absolute atomic E-state index is 0.0118. The van der Waals surface area contributed by atoms with Gasteiger partial charge in [-0.25, -0.2) is 0 Å². The van der Waals surface area contributed by atoms with Crippen molar-refractivity contribution in [2.24, 2.45) is 11.3 Å². The van der Waals surface area contributed by atoms with Crippen molar-refractivity contribution in [2.45, 2.75) is 52.2 Å². The average Bonchev–Trinajstić information content (AvgIpc) is 2.80. The summed E-state index contributed by atoms with van der Waals surface area (Å²) in [5.74, 6) is 0.832. The second kappa shape index (κ2) is 5.15. The fraction of sp³-hybridized carbons (Fsp3) is 0.688. The van der Waals surface area contributed by atoms with Gasteiger partial charge in [0.2, 0.25) is 5.91 Å². The summed E-state index contributed by atoms with van der Waals surface area (Å²) < 4.78 is 0. The van der Waals surface area contributed by atoms with E-state index < -0.39 is 0 Å². The first-order valence-corrected chi connectivity index (χ1v) is 8.51. The van der Waals surface area contributed by atoms with Crippen molar-refractivity contribution < 1.29 is 4.79 Å². The molecule has 0 bridgehead atoms. The van der Waals surface area contributed by atoms with E-state index in [1.165, 1.54) is 18.4 Å². The van der Waals surface area contributed by atoms with Gasteiger partial charge in [0.05, 0.1) is 6.04 Å². The molecule has 1 aromatic heterocycles. The van der Waals surface area contributed by atoms with Gasteiger partial charge in [0.25, 0.3) is 0 Å². The Morgan fingerprint density at radius 3 is 2.80 bits per heavy atom. The van der Waals surface area contributed by atoms with E-state index in [9.17, 15) is 4.79 Å². The number of thiophene rings is 1. The Labute approximate surface area is 125 Å². The summed E-state index contributed by atoms with van der Waals surface area (Å²) in [6.45, 7) is 7.55. The molecular weight excluding hydrogens is 268 g/mol. The summed E-state index contributed by atoms with van der Waals surface area (Å²) in [5, 5.41) is 7.81. The first-order valence-electron chi connectivity index (χ1n) is 7.57.